The monoisotopic (exact) mass is 515 g/mol. The number of rotatable bonds is 5. The standard InChI is InChI=1S/C29H23Cl2N3O2/c1-29(2,3)27(35)26-25(33-19-12-14-32-15-13-19)22-16-21(17-8-10-18(30)11-9-17)24(34-28(22)36-26)20-6-4-5-7-23(20)31/h4-16H,1-3H3,(H,32,33). The highest BCUT2D eigenvalue weighted by molar-refractivity contribution is 6.33. The Morgan fingerprint density at radius 1 is 0.917 bits per heavy atom. The summed E-state index contributed by atoms with van der Waals surface area (Å²) >= 11 is 12.8. The average molecular weight is 516 g/mol. The zero-order valence-corrected chi connectivity index (χ0v) is 21.5. The van der Waals surface area contributed by atoms with E-state index in [1.807, 2.05) is 87.5 Å². The molecule has 0 saturated heterocycles. The zero-order chi connectivity index (χ0) is 25.4. The molecular formula is C29H23Cl2N3O2. The van der Waals surface area contributed by atoms with Gasteiger partial charge in [-0.05, 0) is 42.0 Å². The molecule has 0 aliphatic heterocycles. The summed E-state index contributed by atoms with van der Waals surface area (Å²) in [5, 5.41) is 5.24. The lowest BCUT2D eigenvalue weighted by atomic mass is 9.88. The lowest BCUT2D eigenvalue weighted by molar-refractivity contribution is 0.0831. The molecule has 36 heavy (non-hydrogen) atoms. The number of anilines is 2. The fourth-order valence-corrected chi connectivity index (χ4v) is 4.29. The number of fused-ring (bicyclic) bond motifs is 1. The van der Waals surface area contributed by atoms with E-state index in [1.54, 1.807) is 12.4 Å². The number of benzene rings is 2. The van der Waals surface area contributed by atoms with E-state index in [-0.39, 0.29) is 11.5 Å². The molecule has 7 heteroatoms. The summed E-state index contributed by atoms with van der Waals surface area (Å²) in [6.45, 7) is 5.58. The number of Topliss-reactive ketones (excluding diaryl/α,β-unsaturated/α-hetero) is 1. The maximum Gasteiger partial charge on any atom is 0.229 e. The van der Waals surface area contributed by atoms with Crippen LogP contribution >= 0.6 is 23.2 Å². The minimum atomic E-state index is -0.660. The van der Waals surface area contributed by atoms with E-state index in [0.29, 0.717) is 32.5 Å². The lowest BCUT2D eigenvalue weighted by Crippen LogP contribution is -2.20. The smallest absolute Gasteiger partial charge is 0.229 e. The summed E-state index contributed by atoms with van der Waals surface area (Å²) < 4.78 is 6.17. The van der Waals surface area contributed by atoms with Crippen molar-refractivity contribution >= 4 is 51.5 Å². The van der Waals surface area contributed by atoms with Crippen molar-refractivity contribution in [1.29, 1.82) is 0 Å². The highest BCUT2D eigenvalue weighted by Gasteiger charge is 2.31. The highest BCUT2D eigenvalue weighted by Crippen LogP contribution is 2.42. The number of halogens is 2. The third-order valence-electron chi connectivity index (χ3n) is 5.80. The van der Waals surface area contributed by atoms with Crippen molar-refractivity contribution in [3.63, 3.8) is 0 Å². The largest absolute Gasteiger partial charge is 0.432 e. The number of carbonyl (C=O) groups excluding carboxylic acids is 1. The van der Waals surface area contributed by atoms with E-state index in [2.05, 4.69) is 10.3 Å². The van der Waals surface area contributed by atoms with Crippen molar-refractivity contribution in [1.82, 2.24) is 9.97 Å². The van der Waals surface area contributed by atoms with Crippen molar-refractivity contribution in [2.75, 3.05) is 5.32 Å². The van der Waals surface area contributed by atoms with Crippen molar-refractivity contribution in [3.05, 3.63) is 94.9 Å². The number of aromatic nitrogens is 2. The number of pyridine rings is 2. The predicted molar refractivity (Wildman–Crippen MR) is 146 cm³/mol. The van der Waals surface area contributed by atoms with Crippen LogP contribution in [-0.2, 0) is 0 Å². The molecule has 5 rings (SSSR count). The summed E-state index contributed by atoms with van der Waals surface area (Å²) in [5.41, 5.74) is 4.16. The predicted octanol–water partition coefficient (Wildman–Crippen LogP) is 8.84. The van der Waals surface area contributed by atoms with Crippen LogP contribution in [0.25, 0.3) is 33.5 Å². The maximum atomic E-state index is 13.4. The first kappa shape index (κ1) is 24.0. The normalized spacial score (nSPS) is 11.6. The fraction of sp³-hybridized carbons (Fsp3) is 0.138. The Kier molecular flexibility index (Phi) is 6.29. The lowest BCUT2D eigenvalue weighted by Gasteiger charge is -2.16. The zero-order valence-electron chi connectivity index (χ0n) is 20.0. The summed E-state index contributed by atoms with van der Waals surface area (Å²) in [5.74, 6) is 0.0876. The molecule has 0 aliphatic carbocycles. The first-order chi connectivity index (χ1) is 17.2. The van der Waals surface area contributed by atoms with Gasteiger partial charge in [-0.3, -0.25) is 9.78 Å². The van der Waals surface area contributed by atoms with Crippen LogP contribution in [0.1, 0.15) is 31.3 Å². The molecule has 5 nitrogen and oxygen atoms in total. The number of carbonyl (C=O) groups is 1. The molecule has 180 valence electrons. The quantitative estimate of drug-likeness (QED) is 0.236. The molecule has 0 bridgehead atoms. The average Bonchev–Trinajstić information content (AvgIpc) is 3.20. The van der Waals surface area contributed by atoms with Crippen LogP contribution in [0.5, 0.6) is 0 Å². The Morgan fingerprint density at radius 2 is 1.61 bits per heavy atom. The van der Waals surface area contributed by atoms with Crippen LogP contribution in [0.2, 0.25) is 10.0 Å². The van der Waals surface area contributed by atoms with Crippen LogP contribution in [-0.4, -0.2) is 15.8 Å². The van der Waals surface area contributed by atoms with Gasteiger partial charge in [-0.15, -0.1) is 0 Å². The second-order valence-electron chi connectivity index (χ2n) is 9.47. The van der Waals surface area contributed by atoms with E-state index in [9.17, 15) is 4.79 Å². The highest BCUT2D eigenvalue weighted by atomic mass is 35.5. The van der Waals surface area contributed by atoms with Gasteiger partial charge < -0.3 is 9.73 Å². The number of nitrogens with one attached hydrogen (secondary N) is 1. The molecule has 0 atom stereocenters. The van der Waals surface area contributed by atoms with Crippen LogP contribution in [0, 0.1) is 5.41 Å². The minimum absolute atomic E-state index is 0.135. The third kappa shape index (κ3) is 4.60. The molecule has 3 heterocycles. The Morgan fingerprint density at radius 3 is 2.28 bits per heavy atom. The second-order valence-corrected chi connectivity index (χ2v) is 10.3. The van der Waals surface area contributed by atoms with Crippen molar-refractivity contribution < 1.29 is 9.21 Å². The van der Waals surface area contributed by atoms with Gasteiger partial charge in [-0.1, -0.05) is 74.3 Å². The Balaban J connectivity index is 1.82. The molecule has 0 spiro atoms. The Bertz CT molecular complexity index is 1570. The van der Waals surface area contributed by atoms with Gasteiger partial charge in [-0.25, -0.2) is 4.98 Å². The summed E-state index contributed by atoms with van der Waals surface area (Å²) in [7, 11) is 0. The van der Waals surface area contributed by atoms with Crippen LogP contribution in [0.3, 0.4) is 0 Å². The van der Waals surface area contributed by atoms with Crippen LogP contribution in [0.4, 0.5) is 11.4 Å². The van der Waals surface area contributed by atoms with Crippen LogP contribution in [0.15, 0.2) is 83.5 Å². The fourth-order valence-electron chi connectivity index (χ4n) is 3.94. The van der Waals surface area contributed by atoms with Crippen molar-refractivity contribution in [2.24, 2.45) is 5.41 Å². The van der Waals surface area contributed by atoms with E-state index >= 15 is 0 Å². The molecule has 2 aromatic carbocycles. The molecule has 0 aliphatic rings. The number of hydrogen-bond donors (Lipinski definition) is 1. The number of ketones is 1. The van der Waals surface area contributed by atoms with E-state index in [1.165, 1.54) is 0 Å². The van der Waals surface area contributed by atoms with E-state index in [0.717, 1.165) is 22.4 Å². The maximum absolute atomic E-state index is 13.4. The molecule has 0 unspecified atom stereocenters. The Hall–Kier alpha value is -3.67. The third-order valence-corrected chi connectivity index (χ3v) is 6.39. The molecule has 3 aromatic heterocycles. The summed E-state index contributed by atoms with van der Waals surface area (Å²) in [6.07, 6.45) is 3.37. The summed E-state index contributed by atoms with van der Waals surface area (Å²) in [6, 6.07) is 20.7. The second kappa shape index (κ2) is 9.41. The van der Waals surface area contributed by atoms with Gasteiger partial charge in [0.15, 0.2) is 5.76 Å². The van der Waals surface area contributed by atoms with Gasteiger partial charge >= 0.3 is 0 Å². The SMILES string of the molecule is CC(C)(C)C(=O)c1oc2nc(-c3ccccc3Cl)c(-c3ccc(Cl)cc3)cc2c1Nc1ccncc1. The number of furan rings is 1. The number of nitrogens with zero attached hydrogens (tertiary/aromatic N) is 2. The van der Waals surface area contributed by atoms with E-state index in [4.69, 9.17) is 32.6 Å². The molecule has 0 radical (unpaired) electrons. The van der Waals surface area contributed by atoms with Crippen LogP contribution < -0.4 is 5.32 Å². The van der Waals surface area contributed by atoms with Gasteiger partial charge in [0.2, 0.25) is 11.5 Å². The van der Waals surface area contributed by atoms with Gasteiger partial charge in [0.1, 0.15) is 0 Å². The van der Waals surface area contributed by atoms with Gasteiger partial charge in [0.05, 0.1) is 16.8 Å². The minimum Gasteiger partial charge on any atom is -0.432 e. The molecular weight excluding hydrogens is 493 g/mol. The molecule has 0 fully saturated rings. The molecule has 1 N–H and O–H groups in total. The van der Waals surface area contributed by atoms with E-state index < -0.39 is 5.41 Å². The topological polar surface area (TPSA) is 68.0 Å². The van der Waals surface area contributed by atoms with Crippen molar-refractivity contribution in [3.8, 4) is 22.4 Å². The molecule has 5 aromatic rings. The first-order valence-electron chi connectivity index (χ1n) is 11.4. The Labute approximate surface area is 219 Å². The molecule has 0 saturated carbocycles. The van der Waals surface area contributed by atoms with Crippen molar-refractivity contribution in [2.45, 2.75) is 20.8 Å². The number of hydrogen-bond acceptors (Lipinski definition) is 5. The van der Waals surface area contributed by atoms with Gasteiger partial charge in [0, 0.05) is 44.7 Å². The summed E-state index contributed by atoms with van der Waals surface area (Å²) in [4.78, 5) is 22.4. The molecule has 0 amide bonds. The first-order valence-corrected chi connectivity index (χ1v) is 12.2. The van der Waals surface area contributed by atoms with Gasteiger partial charge in [-0.2, -0.15) is 0 Å². The van der Waals surface area contributed by atoms with Gasteiger partial charge in [0.25, 0.3) is 0 Å².